The Kier molecular flexibility index (Phi) is 3.69. The van der Waals surface area contributed by atoms with Crippen LogP contribution < -0.4 is 4.74 Å². The molecule has 0 saturated carbocycles. The fourth-order valence-corrected chi connectivity index (χ4v) is 4.37. The molecule has 0 saturated heterocycles. The molecule has 0 atom stereocenters. The summed E-state index contributed by atoms with van der Waals surface area (Å²) in [6.45, 7) is 1.90. The fraction of sp³-hybridized carbons (Fsp3) is 0.278. The average Bonchev–Trinajstić information content (AvgIpc) is 3.16. The third-order valence-corrected chi connectivity index (χ3v) is 5.44. The van der Waals surface area contributed by atoms with Crippen molar-refractivity contribution in [1.29, 1.82) is 0 Å². The van der Waals surface area contributed by atoms with Crippen LogP contribution in [0.3, 0.4) is 0 Å². The molecule has 4 rings (SSSR count). The van der Waals surface area contributed by atoms with E-state index >= 15 is 0 Å². The lowest BCUT2D eigenvalue weighted by atomic mass is 9.91. The van der Waals surface area contributed by atoms with Crippen molar-refractivity contribution < 1.29 is 9.53 Å². The summed E-state index contributed by atoms with van der Waals surface area (Å²) in [5, 5.41) is 5.14. The van der Waals surface area contributed by atoms with Gasteiger partial charge in [-0.2, -0.15) is 5.10 Å². The van der Waals surface area contributed by atoms with Crippen LogP contribution in [0.15, 0.2) is 30.7 Å². The molecule has 6 heteroatoms. The fourth-order valence-electron chi connectivity index (χ4n) is 3.14. The molecule has 0 amide bonds. The Morgan fingerprint density at radius 1 is 1.38 bits per heavy atom. The van der Waals surface area contributed by atoms with Crippen LogP contribution in [0.4, 0.5) is 0 Å². The quantitative estimate of drug-likeness (QED) is 0.674. The van der Waals surface area contributed by atoms with E-state index < -0.39 is 0 Å². The zero-order valence-electron chi connectivity index (χ0n) is 13.6. The van der Waals surface area contributed by atoms with Gasteiger partial charge >= 0.3 is 0 Å². The largest absolute Gasteiger partial charge is 0.444 e. The highest BCUT2D eigenvalue weighted by molar-refractivity contribution is 7.16. The van der Waals surface area contributed by atoms with Crippen LogP contribution in [0, 0.1) is 0 Å². The summed E-state index contributed by atoms with van der Waals surface area (Å²) in [5.41, 5.74) is 4.37. The van der Waals surface area contributed by atoms with E-state index in [1.165, 1.54) is 16.9 Å². The first-order valence-electron chi connectivity index (χ1n) is 7.97. The van der Waals surface area contributed by atoms with E-state index in [-0.39, 0.29) is 5.78 Å². The molecule has 0 aliphatic heterocycles. The molecule has 5 nitrogen and oxygen atoms in total. The van der Waals surface area contributed by atoms with Gasteiger partial charge in [-0.05, 0) is 36.1 Å². The van der Waals surface area contributed by atoms with Gasteiger partial charge < -0.3 is 4.74 Å². The van der Waals surface area contributed by atoms with Crippen molar-refractivity contribution in [2.45, 2.75) is 26.2 Å². The maximum absolute atomic E-state index is 12.4. The number of carbonyl (C=O) groups is 1. The van der Waals surface area contributed by atoms with Crippen molar-refractivity contribution in [2.24, 2.45) is 7.05 Å². The van der Waals surface area contributed by atoms with E-state index in [0.717, 1.165) is 39.6 Å². The predicted octanol–water partition coefficient (Wildman–Crippen LogP) is 4.03. The lowest BCUT2D eigenvalue weighted by Gasteiger charge is -2.16. The molecular weight excluding hydrogens is 322 g/mol. The third-order valence-electron chi connectivity index (χ3n) is 4.29. The molecule has 0 spiro atoms. The van der Waals surface area contributed by atoms with Gasteiger partial charge in [0.1, 0.15) is 5.75 Å². The van der Waals surface area contributed by atoms with Crippen LogP contribution in [-0.4, -0.2) is 20.5 Å². The van der Waals surface area contributed by atoms with Crippen molar-refractivity contribution in [3.63, 3.8) is 0 Å². The first-order chi connectivity index (χ1) is 11.7. The average molecular weight is 339 g/mol. The van der Waals surface area contributed by atoms with Gasteiger partial charge in [-0.1, -0.05) is 18.3 Å². The van der Waals surface area contributed by atoms with Gasteiger partial charge in [0.2, 0.25) is 0 Å². The van der Waals surface area contributed by atoms with Crippen LogP contribution in [0.25, 0.3) is 11.3 Å². The number of fused-ring (bicyclic) bond motifs is 3. The molecule has 0 fully saturated rings. The van der Waals surface area contributed by atoms with E-state index in [4.69, 9.17) is 4.74 Å². The van der Waals surface area contributed by atoms with Gasteiger partial charge in [0, 0.05) is 19.7 Å². The smallest absolute Gasteiger partial charge is 0.191 e. The molecule has 1 aliphatic rings. The summed E-state index contributed by atoms with van der Waals surface area (Å²) in [7, 11) is 1.93. The Labute approximate surface area is 143 Å². The molecule has 0 radical (unpaired) electrons. The zero-order chi connectivity index (χ0) is 16.7. The molecule has 122 valence electrons. The maximum Gasteiger partial charge on any atom is 0.191 e. The number of rotatable bonds is 4. The van der Waals surface area contributed by atoms with Gasteiger partial charge in [-0.3, -0.25) is 14.5 Å². The van der Waals surface area contributed by atoms with E-state index in [1.807, 2.05) is 37.0 Å². The normalized spacial score (nSPS) is 12.6. The van der Waals surface area contributed by atoms with Gasteiger partial charge in [-0.15, -0.1) is 0 Å². The number of thiophene rings is 1. The number of aryl methyl sites for hydroxylation is 2. The molecule has 3 heterocycles. The molecule has 1 aliphatic carbocycles. The van der Waals surface area contributed by atoms with Crippen LogP contribution in [0.1, 0.15) is 34.1 Å². The molecule has 0 unspecified atom stereocenters. The van der Waals surface area contributed by atoms with Gasteiger partial charge in [-0.25, -0.2) is 0 Å². The van der Waals surface area contributed by atoms with Crippen molar-refractivity contribution in [3.8, 4) is 22.1 Å². The van der Waals surface area contributed by atoms with Crippen LogP contribution in [-0.2, 0) is 19.9 Å². The summed E-state index contributed by atoms with van der Waals surface area (Å²) in [6, 6.07) is 3.70. The number of hydrogen-bond donors (Lipinski definition) is 0. The second kappa shape index (κ2) is 5.87. The Morgan fingerprint density at radius 3 is 3.00 bits per heavy atom. The predicted molar refractivity (Wildman–Crippen MR) is 92.9 cm³/mol. The van der Waals surface area contributed by atoms with E-state index in [1.54, 1.807) is 12.4 Å². The first kappa shape index (κ1) is 15.1. The second-order valence-electron chi connectivity index (χ2n) is 5.78. The summed E-state index contributed by atoms with van der Waals surface area (Å²) in [5.74, 6) is 0.842. The molecule has 0 aromatic carbocycles. The number of pyridine rings is 1. The third kappa shape index (κ3) is 2.34. The summed E-state index contributed by atoms with van der Waals surface area (Å²) in [4.78, 5) is 17.3. The van der Waals surface area contributed by atoms with Crippen LogP contribution in [0.5, 0.6) is 10.8 Å². The molecular formula is C18H17N3O2S. The molecule has 3 aromatic rings. The Morgan fingerprint density at radius 2 is 2.25 bits per heavy atom. The van der Waals surface area contributed by atoms with Crippen molar-refractivity contribution in [3.05, 3.63) is 46.7 Å². The minimum atomic E-state index is 0.169. The first-order valence-corrected chi connectivity index (χ1v) is 8.78. The van der Waals surface area contributed by atoms with Crippen LogP contribution in [0.2, 0.25) is 0 Å². The molecule has 24 heavy (non-hydrogen) atoms. The Bertz CT molecular complexity index is 912. The SMILES string of the molecule is CCC(=O)c1sc(Oc2cccnc2)c2c1CCc1cnn(C)c1-2. The molecule has 3 aromatic heterocycles. The number of hydrogen-bond acceptors (Lipinski definition) is 5. The second-order valence-corrected chi connectivity index (χ2v) is 6.76. The van der Waals surface area contributed by atoms with E-state index in [2.05, 4.69) is 10.1 Å². The van der Waals surface area contributed by atoms with Gasteiger partial charge in [0.15, 0.2) is 10.8 Å². The Balaban J connectivity index is 1.90. The monoisotopic (exact) mass is 339 g/mol. The van der Waals surface area contributed by atoms with Crippen LogP contribution >= 0.6 is 11.3 Å². The minimum absolute atomic E-state index is 0.169. The number of Topliss-reactive ketones (excluding diaryl/α,β-unsaturated/α-hetero) is 1. The topological polar surface area (TPSA) is 57.0 Å². The highest BCUT2D eigenvalue weighted by atomic mass is 32.1. The number of nitrogens with zero attached hydrogens (tertiary/aromatic N) is 3. The van der Waals surface area contributed by atoms with E-state index in [9.17, 15) is 4.79 Å². The standard InChI is InChI=1S/C18H17N3O2S/c1-3-14(22)17-13-7-6-11-9-20-21(2)16(11)15(13)18(24-17)23-12-5-4-8-19-10-12/h4-5,8-10H,3,6-7H2,1-2H3. The van der Waals surface area contributed by atoms with Gasteiger partial charge in [0.05, 0.1) is 28.5 Å². The summed E-state index contributed by atoms with van der Waals surface area (Å²) < 4.78 is 7.97. The van der Waals surface area contributed by atoms with Crippen molar-refractivity contribution >= 4 is 17.1 Å². The van der Waals surface area contributed by atoms with Crippen molar-refractivity contribution in [1.82, 2.24) is 14.8 Å². The summed E-state index contributed by atoms with van der Waals surface area (Å²) in [6.07, 6.45) is 7.55. The maximum atomic E-state index is 12.4. The number of carbonyl (C=O) groups excluding carboxylic acids is 1. The lowest BCUT2D eigenvalue weighted by molar-refractivity contribution is 0.0991. The number of ether oxygens (including phenoxy) is 1. The zero-order valence-corrected chi connectivity index (χ0v) is 14.4. The highest BCUT2D eigenvalue weighted by Gasteiger charge is 2.31. The van der Waals surface area contributed by atoms with E-state index in [0.29, 0.717) is 12.2 Å². The van der Waals surface area contributed by atoms with Crippen molar-refractivity contribution in [2.75, 3.05) is 0 Å². The number of ketones is 1. The molecule has 0 N–H and O–H groups in total. The minimum Gasteiger partial charge on any atom is -0.444 e. The molecule has 0 bridgehead atoms. The van der Waals surface area contributed by atoms with Gasteiger partial charge in [0.25, 0.3) is 0 Å². The lowest BCUT2D eigenvalue weighted by Crippen LogP contribution is -2.08. The highest BCUT2D eigenvalue weighted by Crippen LogP contribution is 2.48. The number of aromatic nitrogens is 3. The summed E-state index contributed by atoms with van der Waals surface area (Å²) >= 11 is 1.44. The Hall–Kier alpha value is -2.47.